The van der Waals surface area contributed by atoms with Gasteiger partial charge in [0.05, 0.1) is 19.2 Å². The number of carbonyl (C=O) groups is 1. The SMILES string of the molecule is COc1cccc(OC)c1C(=O)c1ccc(Br)c(Cl)c1. The minimum atomic E-state index is -0.200. The van der Waals surface area contributed by atoms with E-state index in [9.17, 15) is 4.79 Å². The molecular weight excluding hydrogens is 344 g/mol. The maximum Gasteiger partial charge on any atom is 0.200 e. The molecule has 0 aliphatic heterocycles. The quantitative estimate of drug-likeness (QED) is 0.765. The zero-order chi connectivity index (χ0) is 14.7. The number of ketones is 1. The van der Waals surface area contributed by atoms with Crippen LogP contribution in [0.25, 0.3) is 0 Å². The zero-order valence-electron chi connectivity index (χ0n) is 10.9. The van der Waals surface area contributed by atoms with Crippen molar-refractivity contribution in [2.24, 2.45) is 0 Å². The molecule has 0 atom stereocenters. The summed E-state index contributed by atoms with van der Waals surface area (Å²) in [6.45, 7) is 0. The Hall–Kier alpha value is -1.52. The van der Waals surface area contributed by atoms with Crippen LogP contribution >= 0.6 is 27.5 Å². The molecule has 2 rings (SSSR count). The molecule has 0 aromatic heterocycles. The van der Waals surface area contributed by atoms with Gasteiger partial charge in [-0.3, -0.25) is 4.79 Å². The lowest BCUT2D eigenvalue weighted by atomic mass is 10.0. The number of methoxy groups -OCH3 is 2. The molecule has 2 aromatic carbocycles. The van der Waals surface area contributed by atoms with Crippen LogP contribution in [0.3, 0.4) is 0 Å². The van der Waals surface area contributed by atoms with Gasteiger partial charge < -0.3 is 9.47 Å². The fourth-order valence-corrected chi connectivity index (χ4v) is 2.28. The average Bonchev–Trinajstić information content (AvgIpc) is 2.48. The molecule has 0 saturated carbocycles. The minimum Gasteiger partial charge on any atom is -0.496 e. The fraction of sp³-hybridized carbons (Fsp3) is 0.133. The first-order chi connectivity index (χ1) is 9.58. The first kappa shape index (κ1) is 14.9. The van der Waals surface area contributed by atoms with E-state index >= 15 is 0 Å². The maximum absolute atomic E-state index is 12.6. The molecule has 0 N–H and O–H groups in total. The summed E-state index contributed by atoms with van der Waals surface area (Å²) >= 11 is 9.33. The van der Waals surface area contributed by atoms with Crippen molar-refractivity contribution in [3.8, 4) is 11.5 Å². The zero-order valence-corrected chi connectivity index (χ0v) is 13.3. The lowest BCUT2D eigenvalue weighted by molar-refractivity contribution is 0.103. The van der Waals surface area contributed by atoms with Crippen LogP contribution in [0, 0.1) is 0 Å². The molecule has 0 spiro atoms. The molecule has 2 aromatic rings. The minimum absolute atomic E-state index is 0.200. The van der Waals surface area contributed by atoms with Crippen molar-refractivity contribution in [1.29, 1.82) is 0 Å². The van der Waals surface area contributed by atoms with Gasteiger partial charge in [-0.25, -0.2) is 0 Å². The molecule has 5 heteroatoms. The van der Waals surface area contributed by atoms with Crippen LogP contribution in [0.15, 0.2) is 40.9 Å². The van der Waals surface area contributed by atoms with E-state index in [-0.39, 0.29) is 5.78 Å². The number of halogens is 2. The number of hydrogen-bond donors (Lipinski definition) is 0. The molecule has 0 fully saturated rings. The van der Waals surface area contributed by atoms with Crippen LogP contribution in [-0.2, 0) is 0 Å². The van der Waals surface area contributed by atoms with Crippen molar-refractivity contribution in [2.75, 3.05) is 14.2 Å². The third kappa shape index (κ3) is 2.81. The highest BCUT2D eigenvalue weighted by Gasteiger charge is 2.20. The molecule has 3 nitrogen and oxygen atoms in total. The number of hydrogen-bond acceptors (Lipinski definition) is 3. The average molecular weight is 356 g/mol. The Balaban J connectivity index is 2.55. The summed E-state index contributed by atoms with van der Waals surface area (Å²) in [6.07, 6.45) is 0. The summed E-state index contributed by atoms with van der Waals surface area (Å²) in [5.74, 6) is 0.732. The molecule has 20 heavy (non-hydrogen) atoms. The van der Waals surface area contributed by atoms with Gasteiger partial charge in [-0.2, -0.15) is 0 Å². The normalized spacial score (nSPS) is 10.2. The summed E-state index contributed by atoms with van der Waals surface area (Å²) < 4.78 is 11.2. The summed E-state index contributed by atoms with van der Waals surface area (Å²) in [5, 5.41) is 0.477. The molecule has 0 aliphatic rings. The third-order valence-electron chi connectivity index (χ3n) is 2.84. The van der Waals surface area contributed by atoms with E-state index < -0.39 is 0 Å². The molecule has 0 heterocycles. The van der Waals surface area contributed by atoms with Gasteiger partial charge in [0.1, 0.15) is 17.1 Å². The largest absolute Gasteiger partial charge is 0.496 e. The van der Waals surface area contributed by atoms with Crippen LogP contribution in [0.5, 0.6) is 11.5 Å². The van der Waals surface area contributed by atoms with E-state index in [2.05, 4.69) is 15.9 Å². The lowest BCUT2D eigenvalue weighted by Crippen LogP contribution is -2.06. The van der Waals surface area contributed by atoms with Gasteiger partial charge in [0, 0.05) is 10.0 Å². The standard InChI is InChI=1S/C15H12BrClO3/c1-19-12-4-3-5-13(20-2)14(12)15(18)9-6-7-10(16)11(17)8-9/h3-8H,1-2H3. The van der Waals surface area contributed by atoms with Crippen molar-refractivity contribution in [1.82, 2.24) is 0 Å². The fourth-order valence-electron chi connectivity index (χ4n) is 1.86. The Morgan fingerprint density at radius 1 is 1.10 bits per heavy atom. The Labute approximate surface area is 130 Å². The predicted octanol–water partition coefficient (Wildman–Crippen LogP) is 4.35. The van der Waals surface area contributed by atoms with Crippen LogP contribution in [-0.4, -0.2) is 20.0 Å². The van der Waals surface area contributed by atoms with E-state index in [1.165, 1.54) is 14.2 Å². The molecule has 0 saturated heterocycles. The first-order valence-electron chi connectivity index (χ1n) is 5.79. The summed E-state index contributed by atoms with van der Waals surface area (Å²) in [5.41, 5.74) is 0.858. The number of carbonyl (C=O) groups excluding carboxylic acids is 1. The second-order valence-electron chi connectivity index (χ2n) is 4.00. The van der Waals surface area contributed by atoms with E-state index in [1.807, 2.05) is 0 Å². The first-order valence-corrected chi connectivity index (χ1v) is 6.96. The van der Waals surface area contributed by atoms with E-state index in [0.29, 0.717) is 27.6 Å². The molecule has 0 amide bonds. The van der Waals surface area contributed by atoms with Gasteiger partial charge >= 0.3 is 0 Å². The van der Waals surface area contributed by atoms with Gasteiger partial charge in [0.15, 0.2) is 0 Å². The molecule has 0 bridgehead atoms. The van der Waals surface area contributed by atoms with Crippen LogP contribution < -0.4 is 9.47 Å². The van der Waals surface area contributed by atoms with E-state index in [4.69, 9.17) is 21.1 Å². The molecule has 0 radical (unpaired) electrons. The van der Waals surface area contributed by atoms with Crippen LogP contribution in [0.2, 0.25) is 5.02 Å². The van der Waals surface area contributed by atoms with Gasteiger partial charge in [0.25, 0.3) is 0 Å². The topological polar surface area (TPSA) is 35.5 Å². The Kier molecular flexibility index (Phi) is 4.68. The third-order valence-corrected chi connectivity index (χ3v) is 4.07. The molecule has 0 aliphatic carbocycles. The maximum atomic E-state index is 12.6. The second-order valence-corrected chi connectivity index (χ2v) is 5.26. The van der Waals surface area contributed by atoms with Crippen molar-refractivity contribution in [2.45, 2.75) is 0 Å². The highest BCUT2D eigenvalue weighted by Crippen LogP contribution is 2.32. The highest BCUT2D eigenvalue weighted by molar-refractivity contribution is 9.10. The molecule has 104 valence electrons. The Bertz CT molecular complexity index is 633. The van der Waals surface area contributed by atoms with Crippen LogP contribution in [0.1, 0.15) is 15.9 Å². The van der Waals surface area contributed by atoms with Crippen molar-refractivity contribution in [3.05, 3.63) is 57.0 Å². The highest BCUT2D eigenvalue weighted by atomic mass is 79.9. The lowest BCUT2D eigenvalue weighted by Gasteiger charge is -2.12. The Morgan fingerprint density at radius 3 is 2.20 bits per heavy atom. The summed E-state index contributed by atoms with van der Waals surface area (Å²) in [4.78, 5) is 12.6. The van der Waals surface area contributed by atoms with E-state index in [1.54, 1.807) is 36.4 Å². The number of rotatable bonds is 4. The van der Waals surface area contributed by atoms with Gasteiger partial charge in [-0.15, -0.1) is 0 Å². The van der Waals surface area contributed by atoms with Crippen molar-refractivity contribution < 1.29 is 14.3 Å². The van der Waals surface area contributed by atoms with Crippen molar-refractivity contribution >= 4 is 33.3 Å². The molecule has 0 unspecified atom stereocenters. The number of benzene rings is 2. The smallest absolute Gasteiger partial charge is 0.200 e. The second kappa shape index (κ2) is 6.29. The van der Waals surface area contributed by atoms with Crippen LogP contribution in [0.4, 0.5) is 0 Å². The summed E-state index contributed by atoms with van der Waals surface area (Å²) in [6, 6.07) is 10.2. The molecular formula is C15H12BrClO3. The predicted molar refractivity (Wildman–Crippen MR) is 82.1 cm³/mol. The number of ether oxygens (including phenoxy) is 2. The Morgan fingerprint density at radius 2 is 1.70 bits per heavy atom. The van der Waals surface area contributed by atoms with Gasteiger partial charge in [-0.1, -0.05) is 17.7 Å². The van der Waals surface area contributed by atoms with Gasteiger partial charge in [-0.05, 0) is 46.3 Å². The van der Waals surface area contributed by atoms with Crippen molar-refractivity contribution in [3.63, 3.8) is 0 Å². The van der Waals surface area contributed by atoms with Gasteiger partial charge in [0.2, 0.25) is 5.78 Å². The van der Waals surface area contributed by atoms with E-state index in [0.717, 1.165) is 4.47 Å². The monoisotopic (exact) mass is 354 g/mol. The summed E-state index contributed by atoms with van der Waals surface area (Å²) in [7, 11) is 3.03.